The zero-order valence-corrected chi connectivity index (χ0v) is 68.7. The number of fused-ring (bicyclic) bond motifs is 2. The molecule has 2 radical (unpaired) electrons. The van der Waals surface area contributed by atoms with Crippen molar-refractivity contribution in [1.29, 1.82) is 0 Å². The van der Waals surface area contributed by atoms with Crippen LogP contribution in [0.5, 0.6) is 46.0 Å². The Hall–Kier alpha value is -11.3. The molecule has 44 heteroatoms. The van der Waals surface area contributed by atoms with Gasteiger partial charge in [-0.2, -0.15) is 0 Å². The number of ether oxygens (including phenoxy) is 4. The molecule has 17 rings (SSSR count). The van der Waals surface area contributed by atoms with E-state index in [4.69, 9.17) is 18.9 Å². The van der Waals surface area contributed by atoms with E-state index < -0.39 is 172 Å². The van der Waals surface area contributed by atoms with E-state index in [1.54, 1.807) is 65.6 Å². The van der Waals surface area contributed by atoms with Gasteiger partial charge in [-0.15, -0.1) is 20.4 Å². The summed E-state index contributed by atoms with van der Waals surface area (Å²) in [7, 11) is 0. The molecule has 16 N–H and O–H groups in total. The van der Waals surface area contributed by atoms with E-state index in [0.29, 0.717) is 74.7 Å². The second kappa shape index (κ2) is 37.0. The number of hydrogen-bond acceptors (Lipinski definition) is 36. The molecule has 678 valence electrons. The molecule has 11 aromatic rings. The van der Waals surface area contributed by atoms with Gasteiger partial charge in [-0.25, -0.2) is 0 Å². The number of nitrogens with zero attached hydrogens (tertiary/aromatic N) is 18. The number of aryl methyl sites for hydroxylation is 4. The minimum atomic E-state index is -1.47. The molecular formula is C84H96N18O26. The molecule has 7 aromatic carbocycles. The number of aliphatic hydroxyl groups is 16. The number of carbonyl (C=O) groups excluding carboxylic acids is 4. The van der Waals surface area contributed by atoms with Gasteiger partial charge >= 0.3 is 0 Å². The van der Waals surface area contributed by atoms with Gasteiger partial charge in [0, 0.05) is 122 Å². The van der Waals surface area contributed by atoms with Crippen LogP contribution in [0, 0.1) is 0 Å². The van der Waals surface area contributed by atoms with E-state index in [-0.39, 0.29) is 165 Å². The van der Waals surface area contributed by atoms with E-state index in [2.05, 4.69) is 41.2 Å². The molecule has 0 bridgehead atoms. The van der Waals surface area contributed by atoms with Crippen LogP contribution in [0.25, 0.3) is 43.1 Å². The summed E-state index contributed by atoms with van der Waals surface area (Å²) < 4.78 is 32.2. The lowest BCUT2D eigenvalue weighted by Crippen LogP contribution is -2.62. The number of piperidine rings is 4. The minimum absolute atomic E-state index is 0.0342. The number of β-amino-alcohol motifs (C(OH)–C–C–N with tert-alkyl or cyclic N) is 4. The maximum atomic E-state index is 15.8. The quantitative estimate of drug-likeness (QED) is 0.0111. The van der Waals surface area contributed by atoms with Gasteiger partial charge in [0.05, 0.1) is 135 Å². The van der Waals surface area contributed by atoms with Crippen LogP contribution in [0.1, 0.15) is 89.9 Å². The SMILES string of the molecule is [O]c1cc2c3c(cc([O])c4c5c(Oc6ccc(OCc7cn(CCCN8C[C@H](O)[C@@H](O)[C@H](O)[C@H]8CO)nn7)cc6)cc6c7c(cc(Oc8ccc(OCc9cn(CCCN%10C[C@H](O)[C@@H](O)[C@H](O)[C@H]%10CO)nn9)cc8)c(c1c34)c75)C(=O)N(Cc1cn(CCCN3C[C@H](O)[C@@H](O)[C@H](O)[C@H]3CO)nn1)C6=O)C(=O)N(Cc1cn(CCCN3C[C@H](O)[C@@H](O)[C@H](O)[C@H]3CO)nn1)C2=O. The van der Waals surface area contributed by atoms with Gasteiger partial charge in [0.1, 0.15) is 119 Å². The van der Waals surface area contributed by atoms with E-state index in [0.717, 1.165) is 21.9 Å². The summed E-state index contributed by atoms with van der Waals surface area (Å²) in [5.41, 5.74) is 0.188. The Kier molecular flexibility index (Phi) is 25.7. The van der Waals surface area contributed by atoms with Crippen molar-refractivity contribution in [3.05, 3.63) is 143 Å². The van der Waals surface area contributed by atoms with E-state index in [1.165, 1.54) is 58.2 Å². The molecule has 0 saturated carbocycles. The first-order chi connectivity index (χ1) is 61.7. The summed E-state index contributed by atoms with van der Waals surface area (Å²) in [5.74, 6) is -5.07. The van der Waals surface area contributed by atoms with Crippen molar-refractivity contribution in [2.75, 3.05) is 78.8 Å². The molecule has 0 aliphatic carbocycles. The van der Waals surface area contributed by atoms with Crippen molar-refractivity contribution in [2.24, 2.45) is 0 Å². The molecule has 6 aliphatic rings. The van der Waals surface area contributed by atoms with Gasteiger partial charge in [0.15, 0.2) is 11.5 Å². The highest BCUT2D eigenvalue weighted by atomic mass is 16.5. The van der Waals surface area contributed by atoms with Crippen LogP contribution < -0.4 is 18.9 Å². The molecule has 44 nitrogen and oxygen atoms in total. The first kappa shape index (κ1) is 88.7. The third-order valence-corrected chi connectivity index (χ3v) is 25.1. The standard InChI is InChI=1S/C84H96N18O26/c103-35-53-73(113)77(117)59(109)31-93(53)13-1-17-97-25-41(85-89-97)29-101-81(121)49-21-57(107)67-69-63(127-47-9-5-45(6-10-47)125-39-43-27-99(91-87-43)19-3-15-95-33-61(111)79(119)75(115)55(95)37-105)23-51-66-52(84(124)102(83(51)123)30-42-26-98(90-86-42)18-2-14-94-32-60(110)78(118)74(114)54(94)36-104)24-64(70(72(66)69)68-58(108)22-50(82(101)122)65(49)71(67)68)128-48-11-7-46(8-12-48)126-40-44-28-100(92-88-44)20-4-16-96-34-62(112)80(120)76(116)56(96)38-106/h5-12,21-28,53-56,59-62,73-80,103-106,109-120H,1-4,13-20,29-40H2/t53-,54-,55-,56-,59+,60+,61+,62+,73-,74-,75-,76-,77-,78-,79-,80-/m1/s1. The fourth-order valence-corrected chi connectivity index (χ4v) is 18.5. The molecule has 4 saturated heterocycles. The third kappa shape index (κ3) is 17.1. The van der Waals surface area contributed by atoms with Crippen LogP contribution in [0.2, 0.25) is 0 Å². The Morgan fingerprint density at radius 3 is 0.875 bits per heavy atom. The molecule has 16 atom stereocenters. The third-order valence-electron chi connectivity index (χ3n) is 25.1. The van der Waals surface area contributed by atoms with E-state index >= 15 is 29.4 Å². The van der Waals surface area contributed by atoms with Crippen LogP contribution in [-0.2, 0) is 62.7 Å². The van der Waals surface area contributed by atoms with E-state index in [9.17, 15) is 81.7 Å². The topological polar surface area (TPSA) is 611 Å². The number of carbonyl (C=O) groups is 4. The number of amides is 4. The Balaban J connectivity index is 0.711. The molecule has 4 amide bonds. The summed E-state index contributed by atoms with van der Waals surface area (Å²) in [5, 5.41) is 229. The Morgan fingerprint density at radius 1 is 0.312 bits per heavy atom. The average molecular weight is 1770 g/mol. The summed E-state index contributed by atoms with van der Waals surface area (Å²) in [4.78, 5) is 70.6. The minimum Gasteiger partial charge on any atom is -0.487 e. The highest BCUT2D eigenvalue weighted by Crippen LogP contribution is 2.57. The lowest BCUT2D eigenvalue weighted by Gasteiger charge is -2.43. The Labute approximate surface area is 726 Å². The van der Waals surface area contributed by atoms with Crippen LogP contribution >= 0.6 is 0 Å². The summed E-state index contributed by atoms with van der Waals surface area (Å²) in [6.45, 7) is -0.819. The van der Waals surface area contributed by atoms with Crippen LogP contribution in [0.3, 0.4) is 0 Å². The van der Waals surface area contributed by atoms with Crippen molar-refractivity contribution < 1.29 is 130 Å². The number of hydrogen-bond donors (Lipinski definition) is 16. The fourth-order valence-electron chi connectivity index (χ4n) is 18.5. The molecule has 10 heterocycles. The van der Waals surface area contributed by atoms with Crippen LogP contribution in [0.15, 0.2) is 97.6 Å². The Morgan fingerprint density at radius 2 is 0.578 bits per heavy atom. The summed E-state index contributed by atoms with van der Waals surface area (Å²) >= 11 is 0. The number of aromatic nitrogens is 12. The smallest absolute Gasteiger partial charge is 0.261 e. The van der Waals surface area contributed by atoms with Crippen molar-refractivity contribution >= 4 is 66.7 Å². The van der Waals surface area contributed by atoms with Gasteiger partial charge in [-0.3, -0.25) is 77.5 Å². The number of benzene rings is 7. The number of imide groups is 2. The Bertz CT molecular complexity index is 5620. The maximum Gasteiger partial charge on any atom is 0.261 e. The van der Waals surface area contributed by atoms with Crippen molar-refractivity contribution in [3.63, 3.8) is 0 Å². The second-order valence-electron chi connectivity index (χ2n) is 33.3. The van der Waals surface area contributed by atoms with Gasteiger partial charge in [-0.05, 0) is 98.5 Å². The zero-order valence-electron chi connectivity index (χ0n) is 68.7. The van der Waals surface area contributed by atoms with Gasteiger partial charge in [0.25, 0.3) is 23.6 Å². The number of rotatable bonds is 34. The molecule has 0 spiro atoms. The van der Waals surface area contributed by atoms with Gasteiger partial charge in [-0.1, -0.05) is 20.9 Å². The maximum absolute atomic E-state index is 15.8. The van der Waals surface area contributed by atoms with Crippen molar-refractivity contribution in [3.8, 4) is 46.0 Å². The summed E-state index contributed by atoms with van der Waals surface area (Å²) in [6, 6.07) is 13.8. The predicted octanol–water partition coefficient (Wildman–Crippen LogP) is -2.68. The van der Waals surface area contributed by atoms with E-state index in [1.807, 2.05) is 0 Å². The average Bonchev–Trinajstić information content (AvgIpc) is 0.705. The highest BCUT2D eigenvalue weighted by Gasteiger charge is 2.47. The molecular weight excluding hydrogens is 1680 g/mol. The lowest BCUT2D eigenvalue weighted by molar-refractivity contribution is -0.145. The number of aliphatic hydroxyl groups excluding tert-OH is 16. The zero-order chi connectivity index (χ0) is 89.9. The fraction of sp³-hybridized carbons (Fsp3) is 0.476. The van der Waals surface area contributed by atoms with Crippen LogP contribution in [-0.4, -0.2) is 371 Å². The van der Waals surface area contributed by atoms with Gasteiger partial charge < -0.3 is 101 Å². The molecule has 4 fully saturated rings. The molecule has 4 aromatic heterocycles. The first-order valence-corrected chi connectivity index (χ1v) is 42.1. The lowest BCUT2D eigenvalue weighted by atomic mass is 9.80. The monoisotopic (exact) mass is 1770 g/mol. The molecule has 128 heavy (non-hydrogen) atoms. The number of likely N-dealkylation sites (tertiary alicyclic amines) is 4. The predicted molar refractivity (Wildman–Crippen MR) is 438 cm³/mol. The summed E-state index contributed by atoms with van der Waals surface area (Å²) in [6.07, 6.45) is -8.40. The van der Waals surface area contributed by atoms with Crippen molar-refractivity contribution in [2.45, 2.75) is 176 Å². The largest absolute Gasteiger partial charge is 0.487 e. The normalized spacial score (nSPS) is 25.7. The second-order valence-corrected chi connectivity index (χ2v) is 33.3. The van der Waals surface area contributed by atoms with Crippen LogP contribution in [0.4, 0.5) is 0 Å². The van der Waals surface area contributed by atoms with Crippen molar-refractivity contribution in [1.82, 2.24) is 89.4 Å². The van der Waals surface area contributed by atoms with Gasteiger partial charge in [0.2, 0.25) is 0 Å². The molecule has 6 aliphatic heterocycles. The highest BCUT2D eigenvalue weighted by molar-refractivity contribution is 6.44. The first-order valence-electron chi connectivity index (χ1n) is 42.1. The molecule has 0 unspecified atom stereocenters.